The van der Waals surface area contributed by atoms with E-state index in [2.05, 4.69) is 21.0 Å². The van der Waals surface area contributed by atoms with Crippen molar-refractivity contribution in [3.63, 3.8) is 0 Å². The zero-order valence-corrected chi connectivity index (χ0v) is 16.6. The fraction of sp³-hybridized carbons (Fsp3) is 0.286. The largest absolute Gasteiger partial charge is 0.389 e. The Labute approximate surface area is 162 Å². The molecule has 1 atom stereocenters. The van der Waals surface area contributed by atoms with E-state index in [1.165, 1.54) is 0 Å². The Morgan fingerprint density at radius 2 is 1.54 bits per heavy atom. The van der Waals surface area contributed by atoms with E-state index < -0.39 is 6.10 Å². The average Bonchev–Trinajstić information content (AvgIpc) is 2.90. The van der Waals surface area contributed by atoms with Crippen molar-refractivity contribution in [2.75, 3.05) is 6.61 Å². The molecular formula is C21H23BrN2O2. The van der Waals surface area contributed by atoms with Gasteiger partial charge in [0.2, 0.25) is 0 Å². The van der Waals surface area contributed by atoms with Crippen molar-refractivity contribution >= 4 is 15.9 Å². The van der Waals surface area contributed by atoms with E-state index in [0.717, 1.165) is 27.0 Å². The normalized spacial score (nSPS) is 12.5. The molecule has 0 fully saturated rings. The van der Waals surface area contributed by atoms with Gasteiger partial charge in [-0.2, -0.15) is 5.10 Å². The summed E-state index contributed by atoms with van der Waals surface area (Å²) in [7, 11) is 0. The lowest BCUT2D eigenvalue weighted by Gasteiger charge is -2.21. The molecule has 4 nitrogen and oxygen atoms in total. The molecule has 0 spiro atoms. The number of benzene rings is 2. The number of hydrogen-bond acceptors (Lipinski definition) is 3. The maximum absolute atomic E-state index is 10.5. The van der Waals surface area contributed by atoms with Gasteiger partial charge >= 0.3 is 0 Å². The van der Waals surface area contributed by atoms with Crippen molar-refractivity contribution < 1.29 is 9.84 Å². The topological polar surface area (TPSA) is 47.3 Å². The lowest BCUT2D eigenvalue weighted by molar-refractivity contribution is -0.00215. The minimum absolute atomic E-state index is 0.209. The number of rotatable bonds is 7. The van der Waals surface area contributed by atoms with Crippen molar-refractivity contribution in [2.45, 2.75) is 32.6 Å². The quantitative estimate of drug-likeness (QED) is 0.621. The van der Waals surface area contributed by atoms with Crippen LogP contribution in [0.4, 0.5) is 0 Å². The van der Waals surface area contributed by atoms with Gasteiger partial charge in [-0.25, -0.2) is 0 Å². The van der Waals surface area contributed by atoms with E-state index in [1.54, 1.807) is 0 Å². The van der Waals surface area contributed by atoms with Crippen molar-refractivity contribution in [1.29, 1.82) is 0 Å². The SMILES string of the molecule is Cc1nn(CC(O)COC(c2ccccc2)c2ccccc2)c(C)c1Br. The summed E-state index contributed by atoms with van der Waals surface area (Å²) in [5.74, 6) is 0. The van der Waals surface area contributed by atoms with Gasteiger partial charge in [-0.05, 0) is 40.9 Å². The zero-order chi connectivity index (χ0) is 18.5. The fourth-order valence-corrected chi connectivity index (χ4v) is 3.24. The highest BCUT2D eigenvalue weighted by molar-refractivity contribution is 9.10. The number of aryl methyl sites for hydroxylation is 1. The molecule has 0 saturated heterocycles. The number of halogens is 1. The van der Waals surface area contributed by atoms with Gasteiger partial charge in [-0.15, -0.1) is 0 Å². The van der Waals surface area contributed by atoms with E-state index in [0.29, 0.717) is 6.54 Å². The summed E-state index contributed by atoms with van der Waals surface area (Å²) in [6.45, 7) is 4.55. The molecule has 0 aliphatic rings. The molecular weight excluding hydrogens is 392 g/mol. The van der Waals surface area contributed by atoms with Gasteiger partial charge in [-0.3, -0.25) is 4.68 Å². The first-order chi connectivity index (χ1) is 12.6. The second-order valence-corrected chi connectivity index (χ2v) is 7.15. The molecule has 1 aromatic heterocycles. The highest BCUT2D eigenvalue weighted by atomic mass is 79.9. The monoisotopic (exact) mass is 414 g/mol. The maximum atomic E-state index is 10.5. The smallest absolute Gasteiger partial charge is 0.108 e. The third-order valence-electron chi connectivity index (χ3n) is 4.34. The second-order valence-electron chi connectivity index (χ2n) is 6.36. The van der Waals surface area contributed by atoms with Crippen LogP contribution in [0.2, 0.25) is 0 Å². The molecule has 2 aromatic carbocycles. The van der Waals surface area contributed by atoms with Crippen LogP contribution < -0.4 is 0 Å². The summed E-state index contributed by atoms with van der Waals surface area (Å²) in [5, 5.41) is 14.9. The van der Waals surface area contributed by atoms with Crippen LogP contribution in [0.5, 0.6) is 0 Å². The molecule has 1 N–H and O–H groups in total. The Kier molecular flexibility index (Phi) is 6.25. The molecule has 1 unspecified atom stereocenters. The predicted molar refractivity (Wildman–Crippen MR) is 106 cm³/mol. The third-order valence-corrected chi connectivity index (χ3v) is 5.48. The van der Waals surface area contributed by atoms with E-state index in [4.69, 9.17) is 4.74 Å². The van der Waals surface area contributed by atoms with Crippen LogP contribution in [0.1, 0.15) is 28.6 Å². The van der Waals surface area contributed by atoms with E-state index in [1.807, 2.05) is 79.2 Å². The van der Waals surface area contributed by atoms with Crippen molar-refractivity contribution in [3.05, 3.63) is 87.7 Å². The number of hydrogen-bond donors (Lipinski definition) is 1. The Morgan fingerprint density at radius 1 is 1.00 bits per heavy atom. The van der Waals surface area contributed by atoms with Gasteiger partial charge in [0.25, 0.3) is 0 Å². The van der Waals surface area contributed by atoms with E-state index >= 15 is 0 Å². The molecule has 0 amide bonds. The fourth-order valence-electron chi connectivity index (χ4n) is 2.95. The Balaban J connectivity index is 1.70. The molecule has 0 aliphatic heterocycles. The van der Waals surface area contributed by atoms with Crippen LogP contribution in [0.15, 0.2) is 65.1 Å². The van der Waals surface area contributed by atoms with Gasteiger partial charge in [0.15, 0.2) is 0 Å². The zero-order valence-electron chi connectivity index (χ0n) is 15.0. The molecule has 0 saturated carbocycles. The number of aliphatic hydroxyl groups is 1. The Bertz CT molecular complexity index is 794. The Hall–Kier alpha value is -1.95. The average molecular weight is 415 g/mol. The van der Waals surface area contributed by atoms with E-state index in [-0.39, 0.29) is 12.7 Å². The molecule has 0 radical (unpaired) electrons. The number of aliphatic hydroxyl groups excluding tert-OH is 1. The highest BCUT2D eigenvalue weighted by Gasteiger charge is 2.18. The minimum atomic E-state index is -0.644. The minimum Gasteiger partial charge on any atom is -0.389 e. The molecule has 3 rings (SSSR count). The third kappa shape index (κ3) is 4.41. The van der Waals surface area contributed by atoms with Gasteiger partial charge in [0.05, 0.1) is 29.4 Å². The number of nitrogens with zero attached hydrogens (tertiary/aromatic N) is 2. The summed E-state index contributed by atoms with van der Waals surface area (Å²) >= 11 is 3.52. The first-order valence-corrected chi connectivity index (χ1v) is 9.44. The van der Waals surface area contributed by atoms with Crippen LogP contribution in [0.25, 0.3) is 0 Å². The number of aromatic nitrogens is 2. The lowest BCUT2D eigenvalue weighted by Crippen LogP contribution is -2.24. The number of ether oxygens (including phenoxy) is 1. The van der Waals surface area contributed by atoms with Crippen molar-refractivity contribution in [1.82, 2.24) is 9.78 Å². The molecule has 1 heterocycles. The van der Waals surface area contributed by atoms with Crippen LogP contribution in [0.3, 0.4) is 0 Å². The molecule has 5 heteroatoms. The maximum Gasteiger partial charge on any atom is 0.108 e. The summed E-state index contributed by atoms with van der Waals surface area (Å²) in [6.07, 6.45) is -0.853. The van der Waals surface area contributed by atoms with Crippen molar-refractivity contribution in [2.24, 2.45) is 0 Å². The Morgan fingerprint density at radius 3 is 2.00 bits per heavy atom. The second kappa shape index (κ2) is 8.62. The summed E-state index contributed by atoms with van der Waals surface area (Å²) in [4.78, 5) is 0. The first-order valence-electron chi connectivity index (χ1n) is 8.65. The predicted octanol–water partition coefficient (Wildman–Crippen LogP) is 4.43. The van der Waals surface area contributed by atoms with Gasteiger partial charge in [0.1, 0.15) is 6.10 Å². The molecule has 136 valence electrons. The summed E-state index contributed by atoms with van der Waals surface area (Å²) < 4.78 is 8.92. The summed E-state index contributed by atoms with van der Waals surface area (Å²) in [5.41, 5.74) is 4.06. The lowest BCUT2D eigenvalue weighted by atomic mass is 10.0. The standard InChI is InChI=1S/C21H23BrN2O2/c1-15-20(22)16(2)24(23-15)13-19(25)14-26-21(17-9-5-3-6-10-17)18-11-7-4-8-12-18/h3-12,19,21,25H,13-14H2,1-2H3. The van der Waals surface area contributed by atoms with Crippen LogP contribution in [-0.2, 0) is 11.3 Å². The molecule has 0 bridgehead atoms. The molecule has 26 heavy (non-hydrogen) atoms. The highest BCUT2D eigenvalue weighted by Crippen LogP contribution is 2.26. The van der Waals surface area contributed by atoms with Crippen molar-refractivity contribution in [3.8, 4) is 0 Å². The van der Waals surface area contributed by atoms with Gasteiger partial charge in [-0.1, -0.05) is 60.7 Å². The summed E-state index contributed by atoms with van der Waals surface area (Å²) in [6, 6.07) is 20.1. The van der Waals surface area contributed by atoms with Crippen LogP contribution in [0, 0.1) is 13.8 Å². The van der Waals surface area contributed by atoms with Crippen LogP contribution in [-0.4, -0.2) is 27.6 Å². The van der Waals surface area contributed by atoms with E-state index in [9.17, 15) is 5.11 Å². The van der Waals surface area contributed by atoms with Crippen LogP contribution >= 0.6 is 15.9 Å². The van der Waals surface area contributed by atoms with Gasteiger partial charge < -0.3 is 9.84 Å². The molecule has 3 aromatic rings. The van der Waals surface area contributed by atoms with Gasteiger partial charge in [0, 0.05) is 5.69 Å². The molecule has 0 aliphatic carbocycles. The first kappa shape index (κ1) is 18.8.